The van der Waals surface area contributed by atoms with Gasteiger partial charge in [0.25, 0.3) is 0 Å². The molecule has 0 aromatic heterocycles. The van der Waals surface area contributed by atoms with Gasteiger partial charge in [-0.05, 0) is 44.0 Å². The summed E-state index contributed by atoms with van der Waals surface area (Å²) in [5, 5.41) is 3.28. The minimum absolute atomic E-state index is 0.0983. The second-order valence-electron chi connectivity index (χ2n) is 8.19. The zero-order valence-corrected chi connectivity index (χ0v) is 22.2. The second kappa shape index (κ2) is 12.4. The number of carbonyl (C=O) groups is 2. The van der Waals surface area contributed by atoms with Crippen molar-refractivity contribution >= 4 is 50.7 Å². The lowest BCUT2D eigenvalue weighted by Gasteiger charge is -2.31. The predicted molar refractivity (Wildman–Crippen MR) is 138 cm³/mol. The molecular weight excluding hydrogens is 497 g/mol. The maximum absolute atomic E-state index is 13.5. The van der Waals surface area contributed by atoms with E-state index in [1.54, 1.807) is 6.92 Å². The van der Waals surface area contributed by atoms with Crippen LogP contribution in [0.2, 0.25) is 10.0 Å². The highest BCUT2D eigenvalue weighted by Crippen LogP contribution is 2.30. The molecule has 0 aliphatic carbocycles. The summed E-state index contributed by atoms with van der Waals surface area (Å²) in [5.41, 5.74) is 2.02. The largest absolute Gasteiger partial charge is 0.354 e. The summed E-state index contributed by atoms with van der Waals surface area (Å²) in [4.78, 5) is 27.6. The summed E-state index contributed by atoms with van der Waals surface area (Å²) in [6, 6.07) is 11.1. The van der Waals surface area contributed by atoms with Gasteiger partial charge < -0.3 is 10.2 Å². The zero-order valence-electron chi connectivity index (χ0n) is 19.8. The Morgan fingerprint density at radius 3 is 2.29 bits per heavy atom. The molecule has 0 fully saturated rings. The van der Waals surface area contributed by atoms with Crippen molar-refractivity contribution in [3.05, 3.63) is 63.6 Å². The molecule has 0 saturated carbocycles. The third-order valence-corrected chi connectivity index (χ3v) is 6.99. The van der Waals surface area contributed by atoms with Crippen LogP contribution in [0, 0.1) is 6.92 Å². The van der Waals surface area contributed by atoms with Gasteiger partial charge in [0, 0.05) is 18.1 Å². The Morgan fingerprint density at radius 2 is 1.74 bits per heavy atom. The molecule has 2 aromatic carbocycles. The van der Waals surface area contributed by atoms with Crippen molar-refractivity contribution in [2.75, 3.05) is 23.7 Å². The van der Waals surface area contributed by atoms with Crippen molar-refractivity contribution in [1.82, 2.24) is 10.2 Å². The van der Waals surface area contributed by atoms with Crippen molar-refractivity contribution in [2.24, 2.45) is 0 Å². The van der Waals surface area contributed by atoms with Gasteiger partial charge in [0.2, 0.25) is 21.8 Å². The van der Waals surface area contributed by atoms with Crippen molar-refractivity contribution in [3.63, 3.8) is 0 Å². The third kappa shape index (κ3) is 7.89. The molecule has 0 aliphatic heterocycles. The first-order chi connectivity index (χ1) is 15.9. The first-order valence-corrected chi connectivity index (χ1v) is 13.6. The minimum atomic E-state index is -3.87. The van der Waals surface area contributed by atoms with Crippen LogP contribution in [0.1, 0.15) is 37.8 Å². The molecule has 0 radical (unpaired) electrons. The zero-order chi connectivity index (χ0) is 25.5. The molecule has 7 nitrogen and oxygen atoms in total. The normalized spacial score (nSPS) is 12.2. The van der Waals surface area contributed by atoms with E-state index in [9.17, 15) is 18.0 Å². The molecule has 10 heteroatoms. The topological polar surface area (TPSA) is 86.8 Å². The van der Waals surface area contributed by atoms with E-state index in [0.29, 0.717) is 11.6 Å². The summed E-state index contributed by atoms with van der Waals surface area (Å²) in [7, 11) is -3.87. The van der Waals surface area contributed by atoms with E-state index in [4.69, 9.17) is 23.2 Å². The Labute approximate surface area is 212 Å². The molecule has 0 spiro atoms. The fraction of sp³-hybridized carbons (Fsp3) is 0.417. The molecule has 0 heterocycles. The molecule has 1 N–H and O–H groups in total. The van der Waals surface area contributed by atoms with Gasteiger partial charge >= 0.3 is 0 Å². The van der Waals surface area contributed by atoms with Gasteiger partial charge in [0.05, 0.1) is 17.0 Å². The number of amides is 2. The van der Waals surface area contributed by atoms with Gasteiger partial charge in [0.1, 0.15) is 12.6 Å². The molecule has 0 bridgehead atoms. The van der Waals surface area contributed by atoms with Gasteiger partial charge in [-0.3, -0.25) is 13.9 Å². The summed E-state index contributed by atoms with van der Waals surface area (Å²) in [6.07, 6.45) is 2.74. The minimum Gasteiger partial charge on any atom is -0.354 e. The van der Waals surface area contributed by atoms with Crippen LogP contribution in [0.15, 0.2) is 42.5 Å². The molecule has 186 valence electrons. The summed E-state index contributed by atoms with van der Waals surface area (Å²) >= 11 is 12.2. The highest BCUT2D eigenvalue weighted by atomic mass is 35.5. The van der Waals surface area contributed by atoms with E-state index in [1.165, 1.54) is 23.1 Å². The Bertz CT molecular complexity index is 1110. The Hall–Kier alpha value is -2.29. The molecular formula is C24H31Cl2N3O4S. The molecule has 34 heavy (non-hydrogen) atoms. The van der Waals surface area contributed by atoms with E-state index in [2.05, 4.69) is 5.32 Å². The number of hydrogen-bond donors (Lipinski definition) is 1. The number of nitrogens with one attached hydrogen (secondary N) is 1. The first-order valence-electron chi connectivity index (χ1n) is 11.0. The van der Waals surface area contributed by atoms with E-state index >= 15 is 0 Å². The van der Waals surface area contributed by atoms with Crippen LogP contribution in [0.3, 0.4) is 0 Å². The number of benzene rings is 2. The van der Waals surface area contributed by atoms with Crippen LogP contribution >= 0.6 is 23.2 Å². The lowest BCUT2D eigenvalue weighted by Crippen LogP contribution is -2.51. The predicted octanol–water partition coefficient (Wildman–Crippen LogP) is 4.40. The van der Waals surface area contributed by atoms with Crippen LogP contribution in [-0.4, -0.2) is 50.5 Å². The van der Waals surface area contributed by atoms with Crippen LogP contribution in [-0.2, 0) is 26.2 Å². The summed E-state index contributed by atoms with van der Waals surface area (Å²) in [6.45, 7) is 5.74. The molecule has 2 aromatic rings. The second-order valence-corrected chi connectivity index (χ2v) is 10.9. The first kappa shape index (κ1) is 28.0. The summed E-state index contributed by atoms with van der Waals surface area (Å²) in [5.74, 6) is -0.834. The monoisotopic (exact) mass is 527 g/mol. The van der Waals surface area contributed by atoms with E-state index in [-0.39, 0.29) is 23.2 Å². The lowest BCUT2D eigenvalue weighted by atomic mass is 10.1. The molecule has 0 aliphatic rings. The number of carbonyl (C=O) groups excluding carboxylic acids is 2. The quantitative estimate of drug-likeness (QED) is 0.438. The number of halogens is 2. The molecule has 1 atom stereocenters. The fourth-order valence-electron chi connectivity index (χ4n) is 3.29. The average molecular weight is 529 g/mol. The number of hydrogen-bond acceptors (Lipinski definition) is 4. The van der Waals surface area contributed by atoms with E-state index < -0.39 is 28.5 Å². The smallest absolute Gasteiger partial charge is 0.244 e. The Morgan fingerprint density at radius 1 is 1.09 bits per heavy atom. The molecule has 2 amide bonds. The molecule has 0 saturated heterocycles. The van der Waals surface area contributed by atoms with Gasteiger partial charge in [0.15, 0.2) is 0 Å². The highest BCUT2D eigenvalue weighted by molar-refractivity contribution is 7.92. The standard InChI is InChI=1S/C24H31Cl2N3O4S/c1-5-6-13-27-24(31)18(3)28(15-19-9-7-17(2)8-10-19)23(30)16-29(34(4,32)33)22-12-11-20(25)14-21(22)26/h7-12,14,18H,5-6,13,15-16H2,1-4H3,(H,27,31)/t18-/m0/s1. The number of rotatable bonds is 11. The number of nitrogens with zero attached hydrogens (tertiary/aromatic N) is 2. The highest BCUT2D eigenvalue weighted by Gasteiger charge is 2.30. The fourth-order valence-corrected chi connectivity index (χ4v) is 4.71. The van der Waals surface area contributed by atoms with Crippen molar-refractivity contribution in [2.45, 2.75) is 46.2 Å². The number of aryl methyl sites for hydroxylation is 1. The van der Waals surface area contributed by atoms with E-state index in [0.717, 1.165) is 34.5 Å². The van der Waals surface area contributed by atoms with Crippen molar-refractivity contribution in [1.29, 1.82) is 0 Å². The SMILES string of the molecule is CCCCNC(=O)[C@H](C)N(Cc1ccc(C)cc1)C(=O)CN(c1ccc(Cl)cc1Cl)S(C)(=O)=O. The van der Waals surface area contributed by atoms with Crippen molar-refractivity contribution in [3.8, 4) is 0 Å². The molecule has 0 unspecified atom stereocenters. The van der Waals surface area contributed by atoms with Gasteiger partial charge in [-0.25, -0.2) is 8.42 Å². The molecule has 2 rings (SSSR count). The maximum atomic E-state index is 13.5. The van der Waals surface area contributed by atoms with Crippen LogP contribution in [0.25, 0.3) is 0 Å². The Kier molecular flexibility index (Phi) is 10.2. The van der Waals surface area contributed by atoms with Gasteiger partial charge in [-0.2, -0.15) is 0 Å². The Balaban J connectivity index is 2.37. The number of unbranched alkanes of at least 4 members (excludes halogenated alkanes) is 1. The van der Waals surface area contributed by atoms with Crippen LogP contribution in [0.5, 0.6) is 0 Å². The summed E-state index contributed by atoms with van der Waals surface area (Å²) < 4.78 is 26.1. The van der Waals surface area contributed by atoms with Gasteiger partial charge in [-0.1, -0.05) is 66.4 Å². The average Bonchev–Trinajstić information content (AvgIpc) is 2.76. The van der Waals surface area contributed by atoms with E-state index in [1.807, 2.05) is 38.1 Å². The maximum Gasteiger partial charge on any atom is 0.244 e. The number of anilines is 1. The third-order valence-electron chi connectivity index (χ3n) is 5.33. The van der Waals surface area contributed by atoms with Gasteiger partial charge in [-0.15, -0.1) is 0 Å². The van der Waals surface area contributed by atoms with Crippen LogP contribution in [0.4, 0.5) is 5.69 Å². The van der Waals surface area contributed by atoms with Crippen LogP contribution < -0.4 is 9.62 Å². The van der Waals surface area contributed by atoms with Crippen molar-refractivity contribution < 1.29 is 18.0 Å². The lowest BCUT2D eigenvalue weighted by molar-refractivity contribution is -0.139. The number of sulfonamides is 1.